The lowest BCUT2D eigenvalue weighted by molar-refractivity contribution is -0.158. The molecule has 2 heterocycles. The van der Waals surface area contributed by atoms with E-state index in [0.717, 1.165) is 61.6 Å². The third-order valence-corrected chi connectivity index (χ3v) is 8.51. The van der Waals surface area contributed by atoms with Gasteiger partial charge in [0.2, 0.25) is 0 Å². The number of ether oxygens (including phenoxy) is 3. The Morgan fingerprint density at radius 3 is 2.29 bits per heavy atom. The van der Waals surface area contributed by atoms with Crippen molar-refractivity contribution in [2.75, 3.05) is 39.2 Å². The summed E-state index contributed by atoms with van der Waals surface area (Å²) in [6.07, 6.45) is 3.88. The maximum Gasteiger partial charge on any atom is 0.349 e. The van der Waals surface area contributed by atoms with Crippen molar-refractivity contribution in [3.05, 3.63) is 58.7 Å². The quantitative estimate of drug-likeness (QED) is 0.212. The van der Waals surface area contributed by atoms with E-state index >= 15 is 0 Å². The summed E-state index contributed by atoms with van der Waals surface area (Å²) in [5.41, 5.74) is 2.97. The van der Waals surface area contributed by atoms with Crippen molar-refractivity contribution in [1.82, 2.24) is 4.90 Å². The zero-order chi connectivity index (χ0) is 27.4. The molecular weight excluding hydrogens is 498 g/mol. The van der Waals surface area contributed by atoms with Gasteiger partial charge in [0.05, 0.1) is 25.9 Å². The highest BCUT2D eigenvalue weighted by Crippen LogP contribution is 2.35. The number of thioether (sulfide) groups is 1. The highest BCUT2D eigenvalue weighted by molar-refractivity contribution is 7.98. The molecule has 206 valence electrons. The van der Waals surface area contributed by atoms with Gasteiger partial charge in [-0.2, -0.15) is 0 Å². The Balaban J connectivity index is 1.47. The first-order chi connectivity index (χ1) is 18.1. The van der Waals surface area contributed by atoms with Gasteiger partial charge in [-0.3, -0.25) is 9.69 Å². The van der Waals surface area contributed by atoms with Crippen LogP contribution in [0.1, 0.15) is 54.2 Å². The third kappa shape index (κ3) is 6.44. The first kappa shape index (κ1) is 28.7. The first-order valence-electron chi connectivity index (χ1n) is 13.6. The molecule has 0 aromatic heterocycles. The lowest BCUT2D eigenvalue weighted by Crippen LogP contribution is -2.48. The van der Waals surface area contributed by atoms with Crippen LogP contribution in [0.15, 0.2) is 41.3 Å². The number of hydrogen-bond donors (Lipinski definition) is 0. The molecule has 0 aliphatic carbocycles. The van der Waals surface area contributed by atoms with Gasteiger partial charge in [0.15, 0.2) is 11.4 Å². The fourth-order valence-corrected chi connectivity index (χ4v) is 5.90. The average Bonchev–Trinajstić information content (AvgIpc) is 3.27. The molecule has 4 rings (SSSR count). The molecule has 0 bridgehead atoms. The lowest BCUT2D eigenvalue weighted by atomic mass is 9.84. The smallest absolute Gasteiger partial charge is 0.349 e. The Morgan fingerprint density at radius 1 is 1.08 bits per heavy atom. The fourth-order valence-electron chi connectivity index (χ4n) is 5.49. The van der Waals surface area contributed by atoms with Crippen LogP contribution in [-0.2, 0) is 20.7 Å². The second-order valence-corrected chi connectivity index (χ2v) is 11.9. The molecular formula is C31H41NO5S. The minimum absolute atomic E-state index is 0.00842. The van der Waals surface area contributed by atoms with E-state index < -0.39 is 5.60 Å². The van der Waals surface area contributed by atoms with Crippen molar-refractivity contribution in [2.24, 2.45) is 11.8 Å². The molecule has 7 heteroatoms. The molecule has 2 fully saturated rings. The van der Waals surface area contributed by atoms with E-state index in [9.17, 15) is 9.59 Å². The molecule has 0 radical (unpaired) electrons. The minimum Gasteiger partial charge on any atom is -0.476 e. The number of carbonyl (C=O) groups excluding carboxylic acids is 2. The number of carbonyl (C=O) groups is 2. The summed E-state index contributed by atoms with van der Waals surface area (Å²) < 4.78 is 16.8. The normalized spacial score (nSPS) is 20.3. The zero-order valence-electron chi connectivity index (χ0n) is 23.5. The topological polar surface area (TPSA) is 65.1 Å². The average molecular weight is 540 g/mol. The second kappa shape index (κ2) is 12.2. The Hall–Kier alpha value is -2.35. The standard InChI is InChI=1S/C31H41NO5S/c1-7-36-30(34)31(4,5)37-29-20(2)14-22(15-21(29)3)8-9-24-16-32(25-18-35-19-25)17-27(24)28(33)23-10-12-26(38-6)13-11-23/h10-15,24-25,27H,7-9,16-19H2,1-6H3/t24-,27-/m0/s1. The minimum atomic E-state index is -1.06. The number of nitrogens with zero attached hydrogens (tertiary/aromatic N) is 1. The number of Topliss-reactive ketones (excluding diaryl/α,β-unsaturated/α-hetero) is 1. The molecule has 2 aromatic carbocycles. The number of rotatable bonds is 11. The molecule has 6 nitrogen and oxygen atoms in total. The molecule has 0 amide bonds. The van der Waals surface area contributed by atoms with Gasteiger partial charge < -0.3 is 14.2 Å². The van der Waals surface area contributed by atoms with E-state index in [-0.39, 0.29) is 17.7 Å². The summed E-state index contributed by atoms with van der Waals surface area (Å²) in [5, 5.41) is 0. The maximum absolute atomic E-state index is 13.6. The van der Waals surface area contributed by atoms with E-state index in [2.05, 4.69) is 17.0 Å². The molecule has 0 N–H and O–H groups in total. The number of aryl methyl sites for hydroxylation is 3. The highest BCUT2D eigenvalue weighted by atomic mass is 32.2. The molecule has 38 heavy (non-hydrogen) atoms. The van der Waals surface area contributed by atoms with Crippen LogP contribution in [0.4, 0.5) is 0 Å². The maximum atomic E-state index is 13.6. The predicted molar refractivity (Wildman–Crippen MR) is 151 cm³/mol. The van der Waals surface area contributed by atoms with Gasteiger partial charge in [-0.25, -0.2) is 4.79 Å². The SMILES string of the molecule is CCOC(=O)C(C)(C)Oc1c(C)cc(CC[C@H]2CN(C3COC3)C[C@@H]2C(=O)c2ccc(SC)cc2)cc1C. The molecule has 2 aliphatic rings. The summed E-state index contributed by atoms with van der Waals surface area (Å²) in [6, 6.07) is 12.8. The Kier molecular flexibility index (Phi) is 9.22. The van der Waals surface area contributed by atoms with Gasteiger partial charge in [-0.1, -0.05) is 24.3 Å². The van der Waals surface area contributed by atoms with Gasteiger partial charge in [0.25, 0.3) is 0 Å². The number of benzene rings is 2. The Bertz CT molecular complexity index is 1120. The first-order valence-corrected chi connectivity index (χ1v) is 14.8. The van der Waals surface area contributed by atoms with Crippen molar-refractivity contribution in [3.8, 4) is 5.75 Å². The molecule has 0 saturated carbocycles. The van der Waals surface area contributed by atoms with Crippen molar-refractivity contribution in [3.63, 3.8) is 0 Å². The van der Waals surface area contributed by atoms with E-state index in [1.54, 1.807) is 32.5 Å². The molecule has 0 spiro atoms. The number of esters is 1. The number of likely N-dealkylation sites (tertiary alicyclic amines) is 1. The molecule has 2 atom stereocenters. The number of hydrogen-bond acceptors (Lipinski definition) is 7. The van der Waals surface area contributed by atoms with Crippen LogP contribution < -0.4 is 4.74 Å². The van der Waals surface area contributed by atoms with Crippen LogP contribution >= 0.6 is 11.8 Å². The van der Waals surface area contributed by atoms with Crippen LogP contribution in [0, 0.1) is 25.7 Å². The molecule has 2 aliphatic heterocycles. The van der Waals surface area contributed by atoms with E-state index in [4.69, 9.17) is 14.2 Å². The molecule has 0 unspecified atom stereocenters. The summed E-state index contributed by atoms with van der Waals surface area (Å²) in [7, 11) is 0. The summed E-state index contributed by atoms with van der Waals surface area (Å²) in [6.45, 7) is 12.9. The van der Waals surface area contributed by atoms with Crippen LogP contribution in [0.2, 0.25) is 0 Å². The van der Waals surface area contributed by atoms with Crippen LogP contribution in [-0.4, -0.2) is 67.5 Å². The van der Waals surface area contributed by atoms with Crippen molar-refractivity contribution in [2.45, 2.75) is 64.0 Å². The van der Waals surface area contributed by atoms with E-state index in [1.165, 1.54) is 10.5 Å². The summed E-state index contributed by atoms with van der Waals surface area (Å²) in [5.74, 6) is 0.895. The van der Waals surface area contributed by atoms with Crippen LogP contribution in [0.3, 0.4) is 0 Å². The Morgan fingerprint density at radius 2 is 1.74 bits per heavy atom. The monoisotopic (exact) mass is 539 g/mol. The highest BCUT2D eigenvalue weighted by Gasteiger charge is 2.41. The lowest BCUT2D eigenvalue weighted by Gasteiger charge is -2.34. The van der Waals surface area contributed by atoms with Gasteiger partial charge in [0.1, 0.15) is 5.75 Å². The fraction of sp³-hybridized carbons (Fsp3) is 0.548. The van der Waals surface area contributed by atoms with Gasteiger partial charge in [0, 0.05) is 29.5 Å². The van der Waals surface area contributed by atoms with Gasteiger partial charge >= 0.3 is 5.97 Å². The van der Waals surface area contributed by atoms with E-state index in [1.807, 2.05) is 44.4 Å². The molecule has 2 saturated heterocycles. The third-order valence-electron chi connectivity index (χ3n) is 7.77. The molecule has 2 aromatic rings. The number of ketones is 1. The van der Waals surface area contributed by atoms with Crippen molar-refractivity contribution in [1.29, 1.82) is 0 Å². The second-order valence-electron chi connectivity index (χ2n) is 11.0. The van der Waals surface area contributed by atoms with E-state index in [0.29, 0.717) is 18.6 Å². The summed E-state index contributed by atoms with van der Waals surface area (Å²) in [4.78, 5) is 29.6. The van der Waals surface area contributed by atoms with Gasteiger partial charge in [-0.05, 0) is 88.5 Å². The van der Waals surface area contributed by atoms with Crippen LogP contribution in [0.25, 0.3) is 0 Å². The zero-order valence-corrected chi connectivity index (χ0v) is 24.4. The van der Waals surface area contributed by atoms with Gasteiger partial charge in [-0.15, -0.1) is 11.8 Å². The van der Waals surface area contributed by atoms with Crippen molar-refractivity contribution < 1.29 is 23.8 Å². The summed E-state index contributed by atoms with van der Waals surface area (Å²) >= 11 is 1.69. The largest absolute Gasteiger partial charge is 0.476 e. The van der Waals surface area contributed by atoms with Crippen LogP contribution in [0.5, 0.6) is 5.75 Å². The Labute approximate surface area is 231 Å². The van der Waals surface area contributed by atoms with Crippen molar-refractivity contribution >= 4 is 23.5 Å². The predicted octanol–water partition coefficient (Wildman–Crippen LogP) is 5.51.